The minimum Gasteiger partial charge on any atom is -0.363 e. The van der Waals surface area contributed by atoms with E-state index in [2.05, 4.69) is 5.23 Å². The van der Waals surface area contributed by atoms with Crippen LogP contribution >= 0.6 is 0 Å². The highest BCUT2D eigenvalue weighted by molar-refractivity contribution is 6.04. The Balaban J connectivity index is 1.88. The van der Waals surface area contributed by atoms with E-state index in [1.807, 2.05) is 0 Å². The zero-order chi connectivity index (χ0) is 11.3. The van der Waals surface area contributed by atoms with E-state index in [1.165, 1.54) is 77.0 Å². The summed E-state index contributed by atoms with van der Waals surface area (Å²) in [4.78, 5) is 0. The summed E-state index contributed by atoms with van der Waals surface area (Å²) in [6, 6.07) is 0.619. The molecule has 0 aromatic heterocycles. The van der Waals surface area contributed by atoms with Crippen molar-refractivity contribution < 1.29 is 0 Å². The summed E-state index contributed by atoms with van der Waals surface area (Å²) in [6.07, 6.45) is 17.1. The van der Waals surface area contributed by atoms with E-state index in [0.717, 1.165) is 0 Å². The van der Waals surface area contributed by atoms with Gasteiger partial charge in [-0.1, -0.05) is 51.4 Å². The molecule has 2 heteroatoms. The SMILES string of the molecule is [B]NC1CCC12CCCCCCCCCC2. The molecule has 0 bridgehead atoms. The lowest BCUT2D eigenvalue weighted by Gasteiger charge is -2.51. The molecule has 0 aliphatic heterocycles. The molecule has 2 fully saturated rings. The Kier molecular flexibility index (Phi) is 4.75. The quantitative estimate of drug-likeness (QED) is 0.662. The molecule has 0 aromatic carbocycles. The lowest BCUT2D eigenvalue weighted by molar-refractivity contribution is 0.0536. The number of nitrogens with one attached hydrogen (secondary N) is 1. The Morgan fingerprint density at radius 3 is 1.62 bits per heavy atom. The first-order valence-corrected chi connectivity index (χ1v) is 7.33. The molecule has 0 heterocycles. The van der Waals surface area contributed by atoms with Crippen LogP contribution in [0.4, 0.5) is 0 Å². The van der Waals surface area contributed by atoms with E-state index in [4.69, 9.17) is 7.98 Å². The molecule has 1 N–H and O–H groups in total. The third-order valence-corrected chi connectivity index (χ3v) is 4.97. The largest absolute Gasteiger partial charge is 0.363 e. The third-order valence-electron chi connectivity index (χ3n) is 4.97. The number of hydrogen-bond acceptors (Lipinski definition) is 1. The van der Waals surface area contributed by atoms with Gasteiger partial charge in [-0.15, -0.1) is 0 Å². The van der Waals surface area contributed by atoms with Crippen LogP contribution in [-0.4, -0.2) is 14.0 Å². The molecule has 16 heavy (non-hydrogen) atoms. The van der Waals surface area contributed by atoms with Crippen molar-refractivity contribution >= 4 is 7.98 Å². The van der Waals surface area contributed by atoms with Crippen molar-refractivity contribution in [2.24, 2.45) is 5.41 Å². The van der Waals surface area contributed by atoms with E-state index in [9.17, 15) is 0 Å². The summed E-state index contributed by atoms with van der Waals surface area (Å²) in [5.74, 6) is 0. The monoisotopic (exact) mass is 219 g/mol. The van der Waals surface area contributed by atoms with Crippen LogP contribution in [0.25, 0.3) is 0 Å². The zero-order valence-corrected chi connectivity index (χ0v) is 10.6. The van der Waals surface area contributed by atoms with Gasteiger partial charge < -0.3 is 5.23 Å². The molecule has 2 aliphatic rings. The molecule has 0 saturated heterocycles. The van der Waals surface area contributed by atoms with Crippen LogP contribution in [0.15, 0.2) is 0 Å². The molecule has 0 aromatic rings. The predicted molar refractivity (Wildman–Crippen MR) is 70.5 cm³/mol. The first-order chi connectivity index (χ1) is 7.87. The third kappa shape index (κ3) is 2.82. The summed E-state index contributed by atoms with van der Waals surface area (Å²) in [5, 5.41) is 3.06. The van der Waals surface area contributed by atoms with Gasteiger partial charge in [-0.05, 0) is 31.1 Å². The molecule has 90 valence electrons. The fourth-order valence-corrected chi connectivity index (χ4v) is 3.70. The lowest BCUT2D eigenvalue weighted by atomic mass is 9.59. The van der Waals surface area contributed by atoms with Crippen molar-refractivity contribution in [3.8, 4) is 0 Å². The number of hydrogen-bond donors (Lipinski definition) is 1. The molecule has 2 rings (SSSR count). The Labute approximate surface area is 102 Å². The first-order valence-electron chi connectivity index (χ1n) is 7.33. The van der Waals surface area contributed by atoms with Gasteiger partial charge in [0, 0.05) is 6.04 Å². The second kappa shape index (κ2) is 6.09. The van der Waals surface area contributed by atoms with E-state index in [0.29, 0.717) is 11.5 Å². The molecule has 1 unspecified atom stereocenters. The number of rotatable bonds is 1. The second-order valence-electron chi connectivity index (χ2n) is 5.95. The predicted octanol–water partition coefficient (Wildman–Crippen LogP) is 3.72. The van der Waals surface area contributed by atoms with Gasteiger partial charge in [0.05, 0.1) is 0 Å². The topological polar surface area (TPSA) is 12.0 Å². The summed E-state index contributed by atoms with van der Waals surface area (Å²) in [5.41, 5.74) is 0.582. The van der Waals surface area contributed by atoms with Gasteiger partial charge >= 0.3 is 0 Å². The van der Waals surface area contributed by atoms with Gasteiger partial charge in [0.15, 0.2) is 7.98 Å². The minimum absolute atomic E-state index is 0.582. The average Bonchev–Trinajstić information content (AvgIpc) is 2.32. The average molecular weight is 219 g/mol. The van der Waals surface area contributed by atoms with Crippen molar-refractivity contribution in [2.75, 3.05) is 0 Å². The van der Waals surface area contributed by atoms with Gasteiger partial charge in [-0.25, -0.2) is 0 Å². The fourth-order valence-electron chi connectivity index (χ4n) is 3.70. The molecular weight excluding hydrogens is 193 g/mol. The van der Waals surface area contributed by atoms with Crippen molar-refractivity contribution in [3.05, 3.63) is 0 Å². The minimum atomic E-state index is 0.582. The van der Waals surface area contributed by atoms with Crippen molar-refractivity contribution in [3.63, 3.8) is 0 Å². The van der Waals surface area contributed by atoms with Crippen LogP contribution in [0.3, 0.4) is 0 Å². The van der Waals surface area contributed by atoms with Crippen molar-refractivity contribution in [1.29, 1.82) is 0 Å². The molecule has 0 amide bonds. The second-order valence-corrected chi connectivity index (χ2v) is 5.95. The Morgan fingerprint density at radius 1 is 0.750 bits per heavy atom. The van der Waals surface area contributed by atoms with Gasteiger partial charge in [-0.2, -0.15) is 0 Å². The Morgan fingerprint density at radius 2 is 1.25 bits per heavy atom. The highest BCUT2D eigenvalue weighted by atomic mass is 14.9. The van der Waals surface area contributed by atoms with E-state index < -0.39 is 0 Å². The van der Waals surface area contributed by atoms with Crippen LogP contribution < -0.4 is 5.23 Å². The summed E-state index contributed by atoms with van der Waals surface area (Å²) in [7, 11) is 5.68. The highest BCUT2D eigenvalue weighted by Gasteiger charge is 2.44. The smallest absolute Gasteiger partial charge is 0.178 e. The lowest BCUT2D eigenvalue weighted by Crippen LogP contribution is -2.52. The van der Waals surface area contributed by atoms with Gasteiger partial charge in [-0.3, -0.25) is 0 Å². The molecular formula is C14H26BN. The van der Waals surface area contributed by atoms with Crippen LogP contribution in [0.5, 0.6) is 0 Å². The maximum Gasteiger partial charge on any atom is 0.178 e. The van der Waals surface area contributed by atoms with Crippen molar-refractivity contribution in [2.45, 2.75) is 83.1 Å². The van der Waals surface area contributed by atoms with E-state index >= 15 is 0 Å². The fraction of sp³-hybridized carbons (Fsp3) is 1.00. The maximum atomic E-state index is 5.68. The van der Waals surface area contributed by atoms with Crippen molar-refractivity contribution in [1.82, 2.24) is 5.23 Å². The van der Waals surface area contributed by atoms with E-state index in [1.54, 1.807) is 0 Å². The maximum absolute atomic E-state index is 5.68. The molecule has 2 radical (unpaired) electrons. The van der Waals surface area contributed by atoms with Crippen LogP contribution in [0.1, 0.15) is 77.0 Å². The Bertz CT molecular complexity index is 191. The normalized spacial score (nSPS) is 31.6. The summed E-state index contributed by atoms with van der Waals surface area (Å²) < 4.78 is 0. The standard InChI is InChI=1S/C14H26BN/c15-16-13-9-12-14(13)10-7-5-3-1-2-4-6-8-11-14/h13,16H,1-12H2. The molecule has 1 spiro atoms. The Hall–Kier alpha value is 0.0249. The van der Waals surface area contributed by atoms with Crippen LogP contribution in [0.2, 0.25) is 0 Å². The molecule has 1 nitrogen and oxygen atoms in total. The van der Waals surface area contributed by atoms with Gasteiger partial charge in [0.2, 0.25) is 0 Å². The van der Waals surface area contributed by atoms with E-state index in [-0.39, 0.29) is 0 Å². The summed E-state index contributed by atoms with van der Waals surface area (Å²) >= 11 is 0. The highest BCUT2D eigenvalue weighted by Crippen LogP contribution is 2.49. The van der Waals surface area contributed by atoms with Gasteiger partial charge in [0.25, 0.3) is 0 Å². The molecule has 2 aliphatic carbocycles. The summed E-state index contributed by atoms with van der Waals surface area (Å²) in [6.45, 7) is 0. The zero-order valence-electron chi connectivity index (χ0n) is 10.6. The van der Waals surface area contributed by atoms with Crippen LogP contribution in [-0.2, 0) is 0 Å². The first kappa shape index (κ1) is 12.5. The van der Waals surface area contributed by atoms with Gasteiger partial charge in [0.1, 0.15) is 0 Å². The van der Waals surface area contributed by atoms with Crippen LogP contribution in [0, 0.1) is 5.41 Å². The molecule has 1 atom stereocenters. The molecule has 2 saturated carbocycles.